The fourth-order valence-corrected chi connectivity index (χ4v) is 3.55. The molecule has 0 aliphatic carbocycles. The van der Waals surface area contributed by atoms with E-state index in [1.807, 2.05) is 13.8 Å². The summed E-state index contributed by atoms with van der Waals surface area (Å²) < 4.78 is 45.3. The van der Waals surface area contributed by atoms with Gasteiger partial charge >= 0.3 is 11.8 Å². The Morgan fingerprint density at radius 2 is 0.923 bits per heavy atom. The zero-order valence-electron chi connectivity index (χ0n) is 14.4. The highest BCUT2D eigenvalue weighted by Crippen LogP contribution is 2.12. The summed E-state index contributed by atoms with van der Waals surface area (Å²) in [5.41, 5.74) is 2.00. The summed E-state index contributed by atoms with van der Waals surface area (Å²) in [6.45, 7) is 16.8. The second-order valence-electron chi connectivity index (χ2n) is 5.43. The number of sulfone groups is 2. The topological polar surface area (TPSA) is 77.0 Å². The maximum atomic E-state index is 11.3. The molecule has 2 aromatic rings. The fourth-order valence-electron chi connectivity index (χ4n) is 1.81. The highest BCUT2D eigenvalue weighted by molar-refractivity contribution is 7.91. The van der Waals surface area contributed by atoms with Gasteiger partial charge in [-0.3, -0.25) is 9.69 Å². The minimum atomic E-state index is -3.38. The van der Waals surface area contributed by atoms with Crippen molar-refractivity contribution in [2.75, 3.05) is 11.8 Å². The lowest BCUT2D eigenvalue weighted by Crippen LogP contribution is -2.03. The first-order chi connectivity index (χ1) is 12.1. The van der Waals surface area contributed by atoms with Crippen LogP contribution < -0.4 is 0 Å². The maximum Gasteiger partial charge on any atom is 0.316 e. The lowest BCUT2D eigenvalue weighted by Gasteiger charge is -1.97. The Bertz CT molecular complexity index is 939. The second kappa shape index (κ2) is 9.14. The molecule has 6 nitrogen and oxygen atoms in total. The van der Waals surface area contributed by atoms with Crippen molar-refractivity contribution in [3.8, 4) is 0 Å². The Kier molecular flexibility index (Phi) is 7.51. The zero-order valence-corrected chi connectivity index (χ0v) is 16.0. The second-order valence-corrected chi connectivity index (χ2v) is 9.35. The molecule has 0 saturated heterocycles. The predicted molar refractivity (Wildman–Crippen MR) is 99.7 cm³/mol. The number of hydrogen-bond donors (Lipinski definition) is 0. The molecule has 2 rings (SSSR count). The lowest BCUT2D eigenvalue weighted by atomic mass is 10.2. The zero-order chi connectivity index (χ0) is 19.8. The highest BCUT2D eigenvalue weighted by atomic mass is 32.2. The van der Waals surface area contributed by atoms with E-state index in [1.54, 1.807) is 24.3 Å². The van der Waals surface area contributed by atoms with E-state index in [2.05, 4.69) is 9.69 Å². The van der Waals surface area contributed by atoms with Crippen LogP contribution in [0.1, 0.15) is 11.1 Å². The minimum Gasteiger partial charge on any atom is -0.299 e. The summed E-state index contributed by atoms with van der Waals surface area (Å²) in [6.07, 6.45) is 0. The molecule has 0 aliphatic heterocycles. The molecule has 0 aliphatic rings. The quantitative estimate of drug-likeness (QED) is 0.751. The molecule has 136 valence electrons. The van der Waals surface area contributed by atoms with Gasteiger partial charge in [-0.1, -0.05) is 35.4 Å². The molecule has 0 spiro atoms. The molecule has 8 heteroatoms. The molecule has 0 aromatic heterocycles. The van der Waals surface area contributed by atoms with Crippen LogP contribution in [0.5, 0.6) is 0 Å². The number of nitrogens with zero attached hydrogens (tertiary/aromatic N) is 2. The minimum absolute atomic E-state index is 0.217. The average molecular weight is 390 g/mol. The molecule has 0 radical (unpaired) electrons. The van der Waals surface area contributed by atoms with E-state index in [0.717, 1.165) is 11.1 Å². The van der Waals surface area contributed by atoms with Gasteiger partial charge in [-0.15, -0.1) is 0 Å². The van der Waals surface area contributed by atoms with E-state index in [0.29, 0.717) is 0 Å². The van der Waals surface area contributed by atoms with Crippen LogP contribution in [0.4, 0.5) is 0 Å². The molecule has 0 saturated carbocycles. The van der Waals surface area contributed by atoms with Crippen molar-refractivity contribution in [2.45, 2.75) is 23.6 Å². The molecular weight excluding hydrogens is 372 g/mol. The molecule has 26 heavy (non-hydrogen) atoms. The van der Waals surface area contributed by atoms with Gasteiger partial charge in [0.05, 0.1) is 9.79 Å². The van der Waals surface area contributed by atoms with E-state index in [9.17, 15) is 16.8 Å². The fraction of sp³-hybridized carbons (Fsp3) is 0.222. The third-order valence-corrected chi connectivity index (χ3v) is 6.15. The van der Waals surface area contributed by atoms with Gasteiger partial charge in [0.15, 0.2) is 0 Å². The smallest absolute Gasteiger partial charge is 0.299 e. The lowest BCUT2D eigenvalue weighted by molar-refractivity contribution is 0.597. The molecule has 0 unspecified atom stereocenters. The van der Waals surface area contributed by atoms with Crippen LogP contribution >= 0.6 is 0 Å². The first-order valence-electron chi connectivity index (χ1n) is 7.37. The molecular formula is C18H18N2O4S2. The van der Waals surface area contributed by atoms with Crippen LogP contribution in [0.3, 0.4) is 0 Å². The van der Waals surface area contributed by atoms with Gasteiger partial charge in [0.1, 0.15) is 0 Å². The van der Waals surface area contributed by atoms with Gasteiger partial charge in [0.25, 0.3) is 19.7 Å². The highest BCUT2D eigenvalue weighted by Gasteiger charge is 2.17. The Balaban J connectivity index is 0.000000260. The number of aryl methyl sites for hydroxylation is 2. The van der Waals surface area contributed by atoms with Crippen molar-refractivity contribution in [2.24, 2.45) is 0 Å². The van der Waals surface area contributed by atoms with Crippen LogP contribution in [0, 0.1) is 27.0 Å². The number of hydrogen-bond acceptors (Lipinski definition) is 4. The molecule has 0 N–H and O–H groups in total. The monoisotopic (exact) mass is 390 g/mol. The van der Waals surface area contributed by atoms with Gasteiger partial charge < -0.3 is 0 Å². The summed E-state index contributed by atoms with van der Waals surface area (Å²) in [7, 11) is -6.76. The van der Waals surface area contributed by atoms with Crippen LogP contribution in [0.25, 0.3) is 9.69 Å². The van der Waals surface area contributed by atoms with Crippen LogP contribution in [-0.2, 0) is 19.7 Å². The molecule has 0 atom stereocenters. The molecule has 2 aromatic carbocycles. The van der Waals surface area contributed by atoms with Gasteiger partial charge in [0.2, 0.25) is 0 Å². The van der Waals surface area contributed by atoms with Crippen molar-refractivity contribution in [1.29, 1.82) is 0 Å². The number of rotatable bonds is 4. The van der Waals surface area contributed by atoms with Gasteiger partial charge in [-0.05, 0) is 38.1 Å². The van der Waals surface area contributed by atoms with Crippen LogP contribution in [0.15, 0.2) is 58.3 Å². The number of benzene rings is 2. The Morgan fingerprint density at radius 1 is 0.654 bits per heavy atom. The van der Waals surface area contributed by atoms with E-state index in [1.165, 1.54) is 24.3 Å². The third-order valence-electron chi connectivity index (χ3n) is 3.23. The molecule has 0 heterocycles. The maximum absolute atomic E-state index is 11.3. The van der Waals surface area contributed by atoms with Crippen molar-refractivity contribution in [3.05, 3.63) is 82.5 Å². The Morgan fingerprint density at radius 3 is 1.15 bits per heavy atom. The van der Waals surface area contributed by atoms with E-state index < -0.39 is 31.4 Å². The summed E-state index contributed by atoms with van der Waals surface area (Å²) in [5, 5.41) is 0. The van der Waals surface area contributed by atoms with Gasteiger partial charge in [-0.25, -0.2) is 30.0 Å². The molecule has 0 fully saturated rings. The summed E-state index contributed by atoms with van der Waals surface area (Å²) in [5.74, 6) is -0.952. The largest absolute Gasteiger partial charge is 0.316 e. The van der Waals surface area contributed by atoms with Gasteiger partial charge in [0, 0.05) is 0 Å². The Hall–Kier alpha value is -2.68. The summed E-state index contributed by atoms with van der Waals surface area (Å²) in [6, 6.07) is 13.0. The average Bonchev–Trinajstić information content (AvgIpc) is 2.56. The van der Waals surface area contributed by atoms with E-state index in [-0.39, 0.29) is 9.79 Å². The van der Waals surface area contributed by atoms with Crippen molar-refractivity contribution < 1.29 is 16.8 Å². The third kappa shape index (κ3) is 6.32. The molecule has 0 bridgehead atoms. The Labute approximate surface area is 154 Å². The van der Waals surface area contributed by atoms with Crippen LogP contribution in [-0.4, -0.2) is 28.6 Å². The SMILES string of the molecule is [C-]#[N+]CS(=O)(=O)c1ccc(C)cc1.[C-]#[N+]CS(=O)(=O)c1ccc(C)cc1. The predicted octanol–water partition coefficient (Wildman–Crippen LogP) is 3.29. The van der Waals surface area contributed by atoms with Crippen molar-refractivity contribution >= 4 is 19.7 Å². The molecule has 0 amide bonds. The van der Waals surface area contributed by atoms with Crippen molar-refractivity contribution in [1.82, 2.24) is 0 Å². The van der Waals surface area contributed by atoms with E-state index >= 15 is 0 Å². The van der Waals surface area contributed by atoms with E-state index in [4.69, 9.17) is 13.1 Å². The summed E-state index contributed by atoms with van der Waals surface area (Å²) in [4.78, 5) is 6.17. The first-order valence-corrected chi connectivity index (χ1v) is 10.7. The normalized spacial score (nSPS) is 10.8. The standard InChI is InChI=1S/2C9H9NO2S/c2*1-8-3-5-9(6-4-8)13(11,12)7-10-2/h2*3-6H,7H2,1H3. The van der Waals surface area contributed by atoms with Crippen molar-refractivity contribution in [3.63, 3.8) is 0 Å². The first kappa shape index (κ1) is 21.4. The van der Waals surface area contributed by atoms with Crippen LogP contribution in [0.2, 0.25) is 0 Å². The van der Waals surface area contributed by atoms with Gasteiger partial charge in [-0.2, -0.15) is 0 Å². The summed E-state index contributed by atoms with van der Waals surface area (Å²) >= 11 is 0.